The Morgan fingerprint density at radius 3 is 3.25 bits per heavy atom. The summed E-state index contributed by atoms with van der Waals surface area (Å²) in [7, 11) is 0. The Morgan fingerprint density at radius 1 is 1.56 bits per heavy atom. The first kappa shape index (κ1) is 10.8. The third kappa shape index (κ3) is 2.67. The summed E-state index contributed by atoms with van der Waals surface area (Å²) in [5, 5.41) is 2.71. The molecule has 0 radical (unpaired) electrons. The van der Waals surface area contributed by atoms with Gasteiger partial charge in [-0.2, -0.15) is 0 Å². The zero-order valence-electron chi connectivity index (χ0n) is 8.93. The number of nitrogens with zero attached hydrogens (tertiary/aromatic N) is 1. The van der Waals surface area contributed by atoms with E-state index in [0.29, 0.717) is 6.54 Å². The lowest BCUT2D eigenvalue weighted by molar-refractivity contribution is -0.118. The fourth-order valence-corrected chi connectivity index (χ4v) is 2.10. The van der Waals surface area contributed by atoms with Crippen LogP contribution in [0.2, 0.25) is 0 Å². The monoisotopic (exact) mass is 232 g/mol. The van der Waals surface area contributed by atoms with E-state index in [1.807, 2.05) is 29.8 Å². The van der Waals surface area contributed by atoms with Crippen molar-refractivity contribution < 1.29 is 4.79 Å². The van der Waals surface area contributed by atoms with Crippen molar-refractivity contribution in [3.05, 3.63) is 35.3 Å². The normalized spacial score (nSPS) is 11.1. The Labute approximate surface area is 97.8 Å². The second-order valence-corrected chi connectivity index (χ2v) is 4.31. The molecule has 0 unspecified atom stereocenters. The van der Waals surface area contributed by atoms with Gasteiger partial charge in [0.05, 0.1) is 15.7 Å². The van der Waals surface area contributed by atoms with Gasteiger partial charge in [-0.25, -0.2) is 4.98 Å². The summed E-state index contributed by atoms with van der Waals surface area (Å²) in [6.07, 6.45) is 3.93. The van der Waals surface area contributed by atoms with Crippen LogP contribution >= 0.6 is 11.3 Å². The van der Waals surface area contributed by atoms with Crippen LogP contribution in [-0.4, -0.2) is 17.4 Å². The summed E-state index contributed by atoms with van der Waals surface area (Å²) in [6, 6.07) is 6.12. The number of thiazole rings is 1. The molecule has 0 aliphatic rings. The quantitative estimate of drug-likeness (QED) is 0.883. The zero-order chi connectivity index (χ0) is 11.4. The van der Waals surface area contributed by atoms with E-state index in [1.165, 1.54) is 11.6 Å². The van der Waals surface area contributed by atoms with Gasteiger partial charge in [0.25, 0.3) is 0 Å². The van der Waals surface area contributed by atoms with Gasteiger partial charge in [0.1, 0.15) is 0 Å². The lowest BCUT2D eigenvalue weighted by atomic mass is 10.2. The molecule has 0 aliphatic carbocycles. The molecule has 0 bridgehead atoms. The van der Waals surface area contributed by atoms with Crippen LogP contribution in [-0.2, 0) is 4.79 Å². The molecule has 0 fully saturated rings. The van der Waals surface area contributed by atoms with Crippen molar-refractivity contribution in [1.29, 1.82) is 0 Å². The predicted molar refractivity (Wildman–Crippen MR) is 67.3 cm³/mol. The molecule has 3 nitrogen and oxygen atoms in total. The van der Waals surface area contributed by atoms with E-state index in [1.54, 1.807) is 11.3 Å². The Balaban J connectivity index is 2.06. The van der Waals surface area contributed by atoms with Crippen molar-refractivity contribution in [2.24, 2.45) is 0 Å². The largest absolute Gasteiger partial charge is 0.353 e. The van der Waals surface area contributed by atoms with Crippen molar-refractivity contribution in [2.45, 2.75) is 6.92 Å². The number of hydrogen-bond donors (Lipinski definition) is 1. The van der Waals surface area contributed by atoms with E-state index in [0.717, 1.165) is 11.1 Å². The average molecular weight is 232 g/mol. The van der Waals surface area contributed by atoms with Crippen molar-refractivity contribution in [3.63, 3.8) is 0 Å². The number of carbonyl (C=O) groups is 1. The Bertz CT molecular complexity index is 531. The molecule has 0 atom stereocenters. The van der Waals surface area contributed by atoms with Crippen LogP contribution in [0.3, 0.4) is 0 Å². The number of aromatic nitrogens is 1. The maximum atomic E-state index is 10.6. The molecule has 82 valence electrons. The first-order chi connectivity index (χ1) is 7.75. The number of benzene rings is 1. The number of hydrogen-bond acceptors (Lipinski definition) is 3. The number of fused-ring (bicyclic) bond motifs is 1. The zero-order valence-corrected chi connectivity index (χ0v) is 9.75. The van der Waals surface area contributed by atoms with Gasteiger partial charge in [-0.15, -0.1) is 11.3 Å². The number of rotatable bonds is 3. The molecule has 0 saturated heterocycles. The van der Waals surface area contributed by atoms with Crippen LogP contribution in [0.15, 0.2) is 29.8 Å². The van der Waals surface area contributed by atoms with Gasteiger partial charge in [-0.1, -0.05) is 18.2 Å². The topological polar surface area (TPSA) is 42.0 Å². The first-order valence-corrected chi connectivity index (χ1v) is 5.88. The lowest BCUT2D eigenvalue weighted by Crippen LogP contribution is -2.19. The molecule has 1 heterocycles. The highest BCUT2D eigenvalue weighted by molar-refractivity contribution is 7.16. The van der Waals surface area contributed by atoms with Crippen LogP contribution in [0.25, 0.3) is 16.3 Å². The van der Waals surface area contributed by atoms with Crippen molar-refractivity contribution in [2.75, 3.05) is 6.54 Å². The van der Waals surface area contributed by atoms with E-state index in [4.69, 9.17) is 0 Å². The van der Waals surface area contributed by atoms with E-state index >= 15 is 0 Å². The summed E-state index contributed by atoms with van der Waals surface area (Å²) in [5.74, 6) is -0.0115. The summed E-state index contributed by atoms with van der Waals surface area (Å²) >= 11 is 1.63. The van der Waals surface area contributed by atoms with Gasteiger partial charge in [0.2, 0.25) is 5.91 Å². The summed E-state index contributed by atoms with van der Waals surface area (Å²) < 4.78 is 1.18. The molecular formula is C12H12N2OS. The fraction of sp³-hybridized carbons (Fsp3) is 0.167. The van der Waals surface area contributed by atoms with Crippen molar-refractivity contribution >= 4 is 33.5 Å². The second-order valence-electron chi connectivity index (χ2n) is 3.42. The highest BCUT2D eigenvalue weighted by Crippen LogP contribution is 2.19. The van der Waals surface area contributed by atoms with Crippen LogP contribution < -0.4 is 5.32 Å². The van der Waals surface area contributed by atoms with Gasteiger partial charge < -0.3 is 5.32 Å². The van der Waals surface area contributed by atoms with E-state index in [9.17, 15) is 4.79 Å². The van der Waals surface area contributed by atoms with Crippen LogP contribution in [0.5, 0.6) is 0 Å². The van der Waals surface area contributed by atoms with Gasteiger partial charge in [0.15, 0.2) is 0 Å². The second kappa shape index (κ2) is 4.90. The fourth-order valence-electron chi connectivity index (χ4n) is 1.37. The smallest absolute Gasteiger partial charge is 0.217 e. The van der Waals surface area contributed by atoms with Gasteiger partial charge in [-0.3, -0.25) is 4.79 Å². The third-order valence-electron chi connectivity index (χ3n) is 2.13. The Kier molecular flexibility index (Phi) is 3.31. The molecule has 1 N–H and O–H groups in total. The highest BCUT2D eigenvalue weighted by Gasteiger charge is 1.95. The first-order valence-electron chi connectivity index (χ1n) is 5.00. The molecule has 1 aromatic heterocycles. The van der Waals surface area contributed by atoms with Gasteiger partial charge >= 0.3 is 0 Å². The van der Waals surface area contributed by atoms with E-state index in [2.05, 4.69) is 16.4 Å². The molecule has 1 aromatic carbocycles. The van der Waals surface area contributed by atoms with Crippen LogP contribution in [0.1, 0.15) is 12.5 Å². The van der Waals surface area contributed by atoms with Crippen LogP contribution in [0.4, 0.5) is 0 Å². The molecule has 4 heteroatoms. The van der Waals surface area contributed by atoms with Crippen molar-refractivity contribution in [1.82, 2.24) is 10.3 Å². The minimum absolute atomic E-state index is 0.0115. The summed E-state index contributed by atoms with van der Waals surface area (Å²) in [4.78, 5) is 14.9. The maximum absolute atomic E-state index is 10.6. The predicted octanol–water partition coefficient (Wildman–Crippen LogP) is 2.45. The summed E-state index contributed by atoms with van der Waals surface area (Å²) in [6.45, 7) is 2.08. The molecule has 16 heavy (non-hydrogen) atoms. The number of carbonyl (C=O) groups excluding carboxylic acids is 1. The Hall–Kier alpha value is -1.68. The Morgan fingerprint density at radius 2 is 2.44 bits per heavy atom. The van der Waals surface area contributed by atoms with E-state index < -0.39 is 0 Å². The average Bonchev–Trinajstić information content (AvgIpc) is 2.71. The summed E-state index contributed by atoms with van der Waals surface area (Å²) in [5.41, 5.74) is 4.00. The molecule has 0 saturated carbocycles. The van der Waals surface area contributed by atoms with Gasteiger partial charge in [-0.05, 0) is 17.7 Å². The van der Waals surface area contributed by atoms with Gasteiger partial charge in [0, 0.05) is 13.5 Å². The third-order valence-corrected chi connectivity index (χ3v) is 2.93. The van der Waals surface area contributed by atoms with Crippen LogP contribution in [0, 0.1) is 0 Å². The maximum Gasteiger partial charge on any atom is 0.217 e. The SMILES string of the molecule is CC(=O)NCC=Cc1ccc2ncsc2c1. The molecule has 1 amide bonds. The minimum atomic E-state index is -0.0115. The van der Waals surface area contributed by atoms with E-state index in [-0.39, 0.29) is 5.91 Å². The lowest BCUT2D eigenvalue weighted by Gasteiger charge is -1.95. The molecule has 0 spiro atoms. The molecular weight excluding hydrogens is 220 g/mol. The molecule has 2 rings (SSSR count). The highest BCUT2D eigenvalue weighted by atomic mass is 32.1. The number of amides is 1. The minimum Gasteiger partial charge on any atom is -0.353 e. The number of nitrogens with one attached hydrogen (secondary N) is 1. The molecule has 0 aliphatic heterocycles. The van der Waals surface area contributed by atoms with Crippen molar-refractivity contribution in [3.8, 4) is 0 Å². The standard InChI is InChI=1S/C12H12N2OS/c1-9(15)13-6-2-3-10-4-5-11-12(7-10)16-8-14-11/h2-5,7-8H,6H2,1H3,(H,13,15). The molecule has 2 aromatic rings.